The van der Waals surface area contributed by atoms with Crippen molar-refractivity contribution in [1.29, 1.82) is 0 Å². The Hall–Kier alpha value is -0.170. The molecule has 1 spiro atoms. The molecule has 0 radical (unpaired) electrons. The standard InChI is InChI=1S/C17H32N2O3S/c1-14(2)11-23(20,21)19-13-17(12-16(19,3)4)5-7-18(8-6-17)15-9-22-10-15/h14-15H,5-13H2,1-4H3. The van der Waals surface area contributed by atoms with Gasteiger partial charge >= 0.3 is 0 Å². The lowest BCUT2D eigenvalue weighted by Crippen LogP contribution is -2.53. The molecule has 0 N–H and O–H groups in total. The normalized spacial score (nSPS) is 29.3. The average molecular weight is 345 g/mol. The molecule has 0 unspecified atom stereocenters. The number of sulfonamides is 1. The molecule has 3 rings (SSSR count). The highest BCUT2D eigenvalue weighted by atomic mass is 32.2. The second kappa shape index (κ2) is 5.97. The molecule has 0 bridgehead atoms. The van der Waals surface area contributed by atoms with E-state index in [9.17, 15) is 8.42 Å². The van der Waals surface area contributed by atoms with Crippen LogP contribution in [0.4, 0.5) is 0 Å². The molecule has 0 aliphatic carbocycles. The first-order chi connectivity index (χ1) is 10.6. The van der Waals surface area contributed by atoms with Crippen LogP contribution in [0.25, 0.3) is 0 Å². The number of rotatable bonds is 4. The van der Waals surface area contributed by atoms with Crippen molar-refractivity contribution in [1.82, 2.24) is 9.21 Å². The SMILES string of the molecule is CC(C)CS(=O)(=O)N1CC2(CCN(C3COC3)CC2)CC1(C)C. The number of hydrogen-bond donors (Lipinski definition) is 0. The smallest absolute Gasteiger partial charge is 0.214 e. The van der Waals surface area contributed by atoms with Crippen LogP contribution < -0.4 is 0 Å². The van der Waals surface area contributed by atoms with Crippen molar-refractivity contribution in [3.63, 3.8) is 0 Å². The monoisotopic (exact) mass is 344 g/mol. The Kier molecular flexibility index (Phi) is 4.58. The molecular formula is C17H32N2O3S. The van der Waals surface area contributed by atoms with E-state index in [4.69, 9.17) is 4.74 Å². The van der Waals surface area contributed by atoms with Crippen LogP contribution in [0.3, 0.4) is 0 Å². The van der Waals surface area contributed by atoms with E-state index >= 15 is 0 Å². The summed E-state index contributed by atoms with van der Waals surface area (Å²) in [6.07, 6.45) is 3.22. The Balaban J connectivity index is 1.69. The van der Waals surface area contributed by atoms with E-state index in [0.29, 0.717) is 12.6 Å². The second-order valence-electron chi connectivity index (χ2n) is 8.90. The van der Waals surface area contributed by atoms with Gasteiger partial charge in [-0.1, -0.05) is 13.8 Å². The maximum atomic E-state index is 12.8. The lowest BCUT2D eigenvalue weighted by atomic mass is 9.74. The molecule has 0 saturated carbocycles. The molecule has 0 amide bonds. The lowest BCUT2D eigenvalue weighted by Gasteiger charge is -2.45. The summed E-state index contributed by atoms with van der Waals surface area (Å²) in [7, 11) is -3.17. The minimum atomic E-state index is -3.17. The van der Waals surface area contributed by atoms with E-state index in [2.05, 4.69) is 18.7 Å². The minimum Gasteiger partial charge on any atom is -0.378 e. The van der Waals surface area contributed by atoms with Crippen LogP contribution in [0.1, 0.15) is 47.0 Å². The van der Waals surface area contributed by atoms with Gasteiger partial charge in [-0.25, -0.2) is 8.42 Å². The van der Waals surface area contributed by atoms with Crippen molar-refractivity contribution in [3.8, 4) is 0 Å². The predicted octanol–water partition coefficient (Wildman–Crippen LogP) is 1.94. The Morgan fingerprint density at radius 3 is 2.26 bits per heavy atom. The molecule has 23 heavy (non-hydrogen) atoms. The van der Waals surface area contributed by atoms with Crippen LogP contribution in [0.2, 0.25) is 0 Å². The lowest BCUT2D eigenvalue weighted by molar-refractivity contribution is -0.0804. The topological polar surface area (TPSA) is 49.9 Å². The highest BCUT2D eigenvalue weighted by Crippen LogP contribution is 2.49. The van der Waals surface area contributed by atoms with Gasteiger partial charge in [-0.2, -0.15) is 4.31 Å². The molecule has 0 aromatic carbocycles. The van der Waals surface area contributed by atoms with Gasteiger partial charge in [0, 0.05) is 12.1 Å². The summed E-state index contributed by atoms with van der Waals surface area (Å²) in [5.41, 5.74) is -0.0792. The zero-order valence-corrected chi connectivity index (χ0v) is 15.9. The van der Waals surface area contributed by atoms with E-state index in [-0.39, 0.29) is 22.6 Å². The fourth-order valence-corrected chi connectivity index (χ4v) is 7.01. The van der Waals surface area contributed by atoms with E-state index in [1.165, 1.54) is 0 Å². The summed E-state index contributed by atoms with van der Waals surface area (Å²) >= 11 is 0. The summed E-state index contributed by atoms with van der Waals surface area (Å²) in [4.78, 5) is 2.53. The number of ether oxygens (including phenoxy) is 1. The molecule has 3 aliphatic heterocycles. The summed E-state index contributed by atoms with van der Waals surface area (Å²) in [5.74, 6) is 0.436. The van der Waals surface area contributed by atoms with Gasteiger partial charge in [0.05, 0.1) is 25.0 Å². The number of likely N-dealkylation sites (tertiary alicyclic amines) is 1. The Bertz CT molecular complexity index is 532. The third-order valence-electron chi connectivity index (χ3n) is 5.84. The Labute approximate surface area is 141 Å². The van der Waals surface area contributed by atoms with Crippen molar-refractivity contribution in [3.05, 3.63) is 0 Å². The fourth-order valence-electron chi connectivity index (χ4n) is 4.70. The summed E-state index contributed by atoms with van der Waals surface area (Å²) in [5, 5.41) is 0. The minimum absolute atomic E-state index is 0.174. The van der Waals surface area contributed by atoms with Crippen molar-refractivity contribution in [2.75, 3.05) is 38.6 Å². The largest absolute Gasteiger partial charge is 0.378 e. The molecule has 6 heteroatoms. The van der Waals surface area contributed by atoms with Crippen molar-refractivity contribution in [2.24, 2.45) is 11.3 Å². The van der Waals surface area contributed by atoms with Crippen molar-refractivity contribution >= 4 is 10.0 Å². The Morgan fingerprint density at radius 2 is 1.78 bits per heavy atom. The van der Waals surface area contributed by atoms with Gasteiger partial charge in [0.1, 0.15) is 0 Å². The molecule has 0 aromatic heterocycles. The van der Waals surface area contributed by atoms with Crippen molar-refractivity contribution in [2.45, 2.75) is 58.5 Å². The van der Waals surface area contributed by atoms with Crippen LogP contribution in [0.5, 0.6) is 0 Å². The molecule has 134 valence electrons. The van der Waals surface area contributed by atoms with E-state index in [0.717, 1.165) is 45.6 Å². The van der Waals surface area contributed by atoms with E-state index in [1.807, 2.05) is 18.2 Å². The van der Waals surface area contributed by atoms with Crippen LogP contribution >= 0.6 is 0 Å². The quantitative estimate of drug-likeness (QED) is 0.782. The first-order valence-corrected chi connectivity index (χ1v) is 10.6. The van der Waals surface area contributed by atoms with Gasteiger partial charge in [-0.3, -0.25) is 4.90 Å². The van der Waals surface area contributed by atoms with Crippen molar-refractivity contribution < 1.29 is 13.2 Å². The molecule has 3 heterocycles. The molecule has 3 aliphatic rings. The molecule has 0 aromatic rings. The van der Waals surface area contributed by atoms with E-state index < -0.39 is 10.0 Å². The highest BCUT2D eigenvalue weighted by Gasteiger charge is 2.53. The van der Waals surface area contributed by atoms with Gasteiger partial charge < -0.3 is 4.74 Å². The third kappa shape index (κ3) is 3.46. The summed E-state index contributed by atoms with van der Waals surface area (Å²) in [6.45, 7) is 12.8. The van der Waals surface area contributed by atoms with E-state index in [1.54, 1.807) is 0 Å². The zero-order valence-electron chi connectivity index (χ0n) is 15.0. The first kappa shape index (κ1) is 17.6. The summed E-state index contributed by atoms with van der Waals surface area (Å²) < 4.78 is 32.8. The van der Waals surface area contributed by atoms with Gasteiger partial charge in [-0.05, 0) is 57.5 Å². The summed E-state index contributed by atoms with van der Waals surface area (Å²) in [6, 6.07) is 0.600. The third-order valence-corrected chi connectivity index (χ3v) is 8.22. The Morgan fingerprint density at radius 1 is 1.17 bits per heavy atom. The average Bonchev–Trinajstić information content (AvgIpc) is 2.61. The fraction of sp³-hybridized carbons (Fsp3) is 1.00. The van der Waals surface area contributed by atoms with Gasteiger partial charge in [0.2, 0.25) is 10.0 Å². The molecule has 5 nitrogen and oxygen atoms in total. The maximum absolute atomic E-state index is 12.8. The molecule has 0 atom stereocenters. The number of nitrogens with zero attached hydrogens (tertiary/aromatic N) is 2. The van der Waals surface area contributed by atoms with Gasteiger partial charge in [0.15, 0.2) is 0 Å². The van der Waals surface area contributed by atoms with Crippen LogP contribution in [0, 0.1) is 11.3 Å². The molecular weight excluding hydrogens is 312 g/mol. The zero-order chi connectivity index (χ0) is 16.9. The highest BCUT2D eigenvalue weighted by molar-refractivity contribution is 7.89. The number of piperidine rings is 1. The second-order valence-corrected chi connectivity index (χ2v) is 10.8. The molecule has 3 saturated heterocycles. The predicted molar refractivity (Wildman–Crippen MR) is 91.9 cm³/mol. The van der Waals surface area contributed by atoms with Crippen LogP contribution in [0.15, 0.2) is 0 Å². The van der Waals surface area contributed by atoms with Crippen LogP contribution in [-0.2, 0) is 14.8 Å². The number of hydrogen-bond acceptors (Lipinski definition) is 4. The molecule has 3 fully saturated rings. The van der Waals surface area contributed by atoms with Gasteiger partial charge in [-0.15, -0.1) is 0 Å². The first-order valence-electron chi connectivity index (χ1n) is 8.96. The van der Waals surface area contributed by atoms with Crippen LogP contribution in [-0.4, -0.2) is 67.8 Å². The van der Waals surface area contributed by atoms with Gasteiger partial charge in [0.25, 0.3) is 0 Å². The maximum Gasteiger partial charge on any atom is 0.214 e.